The van der Waals surface area contributed by atoms with Crippen molar-refractivity contribution in [2.75, 3.05) is 20.8 Å². The number of hydrogen-bond acceptors (Lipinski definition) is 5. The third kappa shape index (κ3) is 3.87. The maximum Gasteiger partial charge on any atom is 0.314 e. The Labute approximate surface area is 120 Å². The van der Waals surface area contributed by atoms with E-state index in [9.17, 15) is 4.79 Å². The summed E-state index contributed by atoms with van der Waals surface area (Å²) in [6.45, 7) is 5.63. The van der Waals surface area contributed by atoms with Crippen molar-refractivity contribution in [1.29, 1.82) is 0 Å². The summed E-state index contributed by atoms with van der Waals surface area (Å²) in [7, 11) is 2.93. The zero-order valence-electron chi connectivity index (χ0n) is 12.7. The van der Waals surface area contributed by atoms with Crippen LogP contribution in [0.3, 0.4) is 0 Å². The number of nitrogens with two attached hydrogens (primary N) is 1. The normalized spacial score (nSPS) is 12.7. The van der Waals surface area contributed by atoms with Crippen molar-refractivity contribution in [1.82, 2.24) is 0 Å². The minimum atomic E-state index is -0.723. The van der Waals surface area contributed by atoms with Crippen LogP contribution < -0.4 is 15.2 Å². The summed E-state index contributed by atoms with van der Waals surface area (Å²) in [5, 5.41) is 0. The van der Waals surface area contributed by atoms with Gasteiger partial charge < -0.3 is 19.9 Å². The van der Waals surface area contributed by atoms with Crippen molar-refractivity contribution in [3.8, 4) is 11.5 Å². The molecule has 20 heavy (non-hydrogen) atoms. The van der Waals surface area contributed by atoms with Crippen LogP contribution in [0.2, 0.25) is 0 Å². The molecule has 0 aliphatic rings. The Morgan fingerprint density at radius 2 is 1.95 bits per heavy atom. The molecule has 0 bridgehead atoms. The third-order valence-corrected chi connectivity index (χ3v) is 3.04. The number of carbonyl (C=O) groups excluding carboxylic acids is 1. The van der Waals surface area contributed by atoms with E-state index in [0.717, 1.165) is 5.56 Å². The van der Waals surface area contributed by atoms with Crippen LogP contribution in [0, 0.1) is 5.41 Å². The highest BCUT2D eigenvalue weighted by Gasteiger charge is 2.30. The lowest BCUT2D eigenvalue weighted by Gasteiger charge is -2.22. The molecular formula is C15H23NO4. The zero-order valence-corrected chi connectivity index (χ0v) is 12.7. The highest BCUT2D eigenvalue weighted by atomic mass is 16.5. The van der Waals surface area contributed by atoms with Gasteiger partial charge in [-0.25, -0.2) is 0 Å². The van der Waals surface area contributed by atoms with Gasteiger partial charge in [0.05, 0.1) is 19.6 Å². The molecule has 1 atom stereocenters. The second-order valence-electron chi connectivity index (χ2n) is 5.36. The fourth-order valence-electron chi connectivity index (χ4n) is 1.68. The number of esters is 1. The van der Waals surface area contributed by atoms with Crippen LogP contribution in [-0.4, -0.2) is 26.8 Å². The van der Waals surface area contributed by atoms with E-state index in [-0.39, 0.29) is 18.6 Å². The number of hydrogen-bond donors (Lipinski definition) is 1. The van der Waals surface area contributed by atoms with Crippen LogP contribution >= 0.6 is 0 Å². The highest BCUT2D eigenvalue weighted by molar-refractivity contribution is 5.75. The zero-order chi connectivity index (χ0) is 15.3. The first-order valence-electron chi connectivity index (χ1n) is 6.46. The standard InChI is InChI=1S/C15H23NO4/c1-10(16)11-6-7-12(13(8-11)18-4)20-9-15(2,3)14(17)19-5/h6-8,10H,9,16H2,1-5H3/t10-/m0/s1. The molecule has 0 spiro atoms. The second kappa shape index (κ2) is 6.61. The smallest absolute Gasteiger partial charge is 0.314 e. The first kappa shape index (κ1) is 16.3. The topological polar surface area (TPSA) is 70.8 Å². The molecule has 5 heteroatoms. The molecule has 0 aliphatic heterocycles. The molecular weight excluding hydrogens is 258 g/mol. The average Bonchev–Trinajstić information content (AvgIpc) is 2.43. The molecule has 0 amide bonds. The van der Waals surface area contributed by atoms with Gasteiger partial charge in [-0.3, -0.25) is 4.79 Å². The minimum Gasteiger partial charge on any atom is -0.493 e. The molecule has 0 fully saturated rings. The van der Waals surface area contributed by atoms with E-state index in [1.54, 1.807) is 27.0 Å². The number of rotatable bonds is 6. The Kier molecular flexibility index (Phi) is 5.39. The van der Waals surface area contributed by atoms with Crippen molar-refractivity contribution < 1.29 is 19.0 Å². The maximum atomic E-state index is 11.6. The van der Waals surface area contributed by atoms with Gasteiger partial charge in [0.2, 0.25) is 0 Å². The van der Waals surface area contributed by atoms with Crippen molar-refractivity contribution in [3.63, 3.8) is 0 Å². The lowest BCUT2D eigenvalue weighted by Crippen LogP contribution is -2.32. The van der Waals surface area contributed by atoms with E-state index in [1.807, 2.05) is 19.1 Å². The Morgan fingerprint density at radius 1 is 1.30 bits per heavy atom. The van der Waals surface area contributed by atoms with E-state index < -0.39 is 5.41 Å². The van der Waals surface area contributed by atoms with E-state index >= 15 is 0 Å². The monoisotopic (exact) mass is 281 g/mol. The Balaban J connectivity index is 2.85. The van der Waals surface area contributed by atoms with Crippen molar-refractivity contribution in [2.45, 2.75) is 26.8 Å². The van der Waals surface area contributed by atoms with Gasteiger partial charge in [0.1, 0.15) is 6.61 Å². The fraction of sp³-hybridized carbons (Fsp3) is 0.533. The van der Waals surface area contributed by atoms with Crippen molar-refractivity contribution >= 4 is 5.97 Å². The van der Waals surface area contributed by atoms with Crippen LogP contribution in [0.5, 0.6) is 11.5 Å². The van der Waals surface area contributed by atoms with Crippen molar-refractivity contribution in [3.05, 3.63) is 23.8 Å². The van der Waals surface area contributed by atoms with Gasteiger partial charge in [-0.2, -0.15) is 0 Å². The highest BCUT2D eigenvalue weighted by Crippen LogP contribution is 2.31. The third-order valence-electron chi connectivity index (χ3n) is 3.04. The van der Waals surface area contributed by atoms with Crippen molar-refractivity contribution in [2.24, 2.45) is 11.1 Å². The first-order chi connectivity index (χ1) is 9.31. The molecule has 0 radical (unpaired) electrons. The van der Waals surface area contributed by atoms with Crippen LogP contribution in [0.1, 0.15) is 32.4 Å². The van der Waals surface area contributed by atoms with Crippen LogP contribution in [-0.2, 0) is 9.53 Å². The predicted octanol–water partition coefficient (Wildman–Crippen LogP) is 2.29. The Hall–Kier alpha value is -1.75. The molecule has 0 saturated heterocycles. The summed E-state index contributed by atoms with van der Waals surface area (Å²) in [4.78, 5) is 11.6. The molecule has 0 unspecified atom stereocenters. The Bertz CT molecular complexity index is 469. The van der Waals surface area contributed by atoms with E-state index in [1.165, 1.54) is 7.11 Å². The summed E-state index contributed by atoms with van der Waals surface area (Å²) < 4.78 is 15.7. The molecule has 112 valence electrons. The molecule has 0 aliphatic carbocycles. The van der Waals surface area contributed by atoms with Gasteiger partial charge >= 0.3 is 5.97 Å². The van der Waals surface area contributed by atoms with Gasteiger partial charge in [0, 0.05) is 6.04 Å². The number of methoxy groups -OCH3 is 2. The summed E-state index contributed by atoms with van der Waals surface area (Å²) in [6.07, 6.45) is 0. The number of carbonyl (C=O) groups is 1. The average molecular weight is 281 g/mol. The lowest BCUT2D eigenvalue weighted by atomic mass is 9.95. The molecule has 1 rings (SSSR count). The summed E-state index contributed by atoms with van der Waals surface area (Å²) in [5.41, 5.74) is 6.07. The fourth-order valence-corrected chi connectivity index (χ4v) is 1.68. The summed E-state index contributed by atoms with van der Waals surface area (Å²) >= 11 is 0. The molecule has 5 nitrogen and oxygen atoms in total. The van der Waals surface area contributed by atoms with Gasteiger partial charge in [-0.15, -0.1) is 0 Å². The summed E-state index contributed by atoms with van der Waals surface area (Å²) in [5.74, 6) is 0.859. The Morgan fingerprint density at radius 3 is 2.45 bits per heavy atom. The SMILES string of the molecule is COC(=O)C(C)(C)COc1ccc([C@H](C)N)cc1OC. The van der Waals surface area contributed by atoms with Gasteiger partial charge in [0.15, 0.2) is 11.5 Å². The number of benzene rings is 1. The van der Waals surface area contributed by atoms with Gasteiger partial charge in [-0.05, 0) is 38.5 Å². The van der Waals surface area contributed by atoms with Gasteiger partial charge in [0.25, 0.3) is 0 Å². The summed E-state index contributed by atoms with van der Waals surface area (Å²) in [6, 6.07) is 5.44. The van der Waals surface area contributed by atoms with Crippen LogP contribution in [0.4, 0.5) is 0 Å². The molecule has 1 aromatic carbocycles. The quantitative estimate of drug-likeness (QED) is 0.810. The largest absolute Gasteiger partial charge is 0.493 e. The lowest BCUT2D eigenvalue weighted by molar-refractivity contribution is -0.152. The van der Waals surface area contributed by atoms with Crippen LogP contribution in [0.25, 0.3) is 0 Å². The second-order valence-corrected chi connectivity index (χ2v) is 5.36. The predicted molar refractivity (Wildman–Crippen MR) is 76.9 cm³/mol. The minimum absolute atomic E-state index is 0.0792. The maximum absolute atomic E-state index is 11.6. The molecule has 2 N–H and O–H groups in total. The van der Waals surface area contributed by atoms with E-state index in [4.69, 9.17) is 19.9 Å². The van der Waals surface area contributed by atoms with Gasteiger partial charge in [-0.1, -0.05) is 6.07 Å². The number of ether oxygens (including phenoxy) is 3. The first-order valence-corrected chi connectivity index (χ1v) is 6.46. The molecule has 0 saturated carbocycles. The van der Waals surface area contributed by atoms with E-state index in [0.29, 0.717) is 11.5 Å². The molecule has 0 aromatic heterocycles. The molecule has 1 aromatic rings. The molecule has 0 heterocycles. The van der Waals surface area contributed by atoms with Crippen LogP contribution in [0.15, 0.2) is 18.2 Å². The van der Waals surface area contributed by atoms with E-state index in [2.05, 4.69) is 0 Å².